The van der Waals surface area contributed by atoms with Gasteiger partial charge in [0.1, 0.15) is 0 Å². The fraction of sp³-hybridized carbons (Fsp3) is 0.263. The molecule has 1 aromatic heterocycles. The van der Waals surface area contributed by atoms with Crippen molar-refractivity contribution in [2.45, 2.75) is 25.1 Å². The quantitative estimate of drug-likeness (QED) is 0.716. The number of thioether (sulfide) groups is 1. The highest BCUT2D eigenvalue weighted by molar-refractivity contribution is 7.99. The van der Waals surface area contributed by atoms with Gasteiger partial charge in [0.2, 0.25) is 0 Å². The summed E-state index contributed by atoms with van der Waals surface area (Å²) in [5.41, 5.74) is 4.32. The molecular weight excluding hydrogens is 318 g/mol. The lowest BCUT2D eigenvalue weighted by atomic mass is 10.0. The molecule has 3 rings (SSSR count). The van der Waals surface area contributed by atoms with E-state index < -0.39 is 6.10 Å². The van der Waals surface area contributed by atoms with Crippen molar-refractivity contribution >= 4 is 11.8 Å². The monoisotopic (exact) mass is 339 g/mol. The Morgan fingerprint density at radius 2 is 1.71 bits per heavy atom. The van der Waals surface area contributed by atoms with E-state index in [0.29, 0.717) is 5.75 Å². The first-order valence-electron chi connectivity index (χ1n) is 7.88. The molecule has 0 radical (unpaired) electrons. The lowest BCUT2D eigenvalue weighted by molar-refractivity contribution is 0.204. The normalized spacial score (nSPS) is 12.3. The van der Waals surface area contributed by atoms with E-state index >= 15 is 0 Å². The maximum Gasteiger partial charge on any atom is 0.191 e. The molecule has 1 atom stereocenters. The third-order valence-corrected chi connectivity index (χ3v) is 4.96. The van der Waals surface area contributed by atoms with Gasteiger partial charge in [-0.15, -0.1) is 10.2 Å². The zero-order chi connectivity index (χ0) is 17.1. The van der Waals surface area contributed by atoms with Gasteiger partial charge in [-0.1, -0.05) is 71.4 Å². The van der Waals surface area contributed by atoms with E-state index in [1.54, 1.807) is 0 Å². The minimum atomic E-state index is -0.523. The predicted molar refractivity (Wildman–Crippen MR) is 98.0 cm³/mol. The van der Waals surface area contributed by atoms with Crippen LogP contribution in [0.2, 0.25) is 0 Å². The van der Waals surface area contributed by atoms with Gasteiger partial charge in [-0.3, -0.25) is 0 Å². The molecule has 0 aliphatic carbocycles. The van der Waals surface area contributed by atoms with Crippen molar-refractivity contribution in [2.24, 2.45) is 7.05 Å². The fourth-order valence-corrected chi connectivity index (χ4v) is 3.61. The maximum absolute atomic E-state index is 10.5. The molecule has 124 valence electrons. The predicted octanol–water partition coefficient (Wildman–Crippen LogP) is 3.92. The zero-order valence-corrected chi connectivity index (χ0v) is 14.9. The van der Waals surface area contributed by atoms with E-state index in [2.05, 4.69) is 16.3 Å². The zero-order valence-electron chi connectivity index (χ0n) is 14.1. The second-order valence-electron chi connectivity index (χ2n) is 5.98. The van der Waals surface area contributed by atoms with E-state index in [9.17, 15) is 5.11 Å². The number of aromatic nitrogens is 3. The molecule has 0 fully saturated rings. The molecule has 24 heavy (non-hydrogen) atoms. The van der Waals surface area contributed by atoms with Gasteiger partial charge >= 0.3 is 0 Å². The molecular formula is C19H21N3OS. The largest absolute Gasteiger partial charge is 0.388 e. The Balaban J connectivity index is 1.72. The van der Waals surface area contributed by atoms with Crippen LogP contribution in [0.25, 0.3) is 11.4 Å². The highest BCUT2D eigenvalue weighted by Crippen LogP contribution is 2.27. The Morgan fingerprint density at radius 1 is 1.04 bits per heavy atom. The number of benzene rings is 2. The first-order chi connectivity index (χ1) is 11.5. The van der Waals surface area contributed by atoms with Crippen LogP contribution in [-0.4, -0.2) is 25.6 Å². The van der Waals surface area contributed by atoms with E-state index in [1.807, 2.05) is 67.9 Å². The van der Waals surface area contributed by atoms with Crippen molar-refractivity contribution in [3.8, 4) is 11.4 Å². The molecule has 0 amide bonds. The number of nitrogens with zero attached hydrogens (tertiary/aromatic N) is 3. The highest BCUT2D eigenvalue weighted by Gasteiger charge is 2.14. The van der Waals surface area contributed by atoms with Crippen molar-refractivity contribution in [1.29, 1.82) is 0 Å². The Bertz CT molecular complexity index is 810. The van der Waals surface area contributed by atoms with E-state index in [-0.39, 0.29) is 0 Å². The summed E-state index contributed by atoms with van der Waals surface area (Å²) in [7, 11) is 1.95. The standard InChI is InChI=1S/C19H21N3OS/c1-13-9-14(2)11-16(10-13)17(23)12-24-19-21-20-18(22(19)3)15-7-5-4-6-8-15/h4-11,17,23H,12H2,1-3H3. The summed E-state index contributed by atoms with van der Waals surface area (Å²) < 4.78 is 1.97. The van der Waals surface area contributed by atoms with Gasteiger partial charge in [0.05, 0.1) is 6.10 Å². The van der Waals surface area contributed by atoms with Gasteiger partial charge < -0.3 is 9.67 Å². The molecule has 1 heterocycles. The summed E-state index contributed by atoms with van der Waals surface area (Å²) in [6.07, 6.45) is -0.523. The number of aryl methyl sites for hydroxylation is 2. The summed E-state index contributed by atoms with van der Waals surface area (Å²) in [6.45, 7) is 4.09. The molecule has 4 nitrogen and oxygen atoms in total. The second-order valence-corrected chi connectivity index (χ2v) is 6.97. The van der Waals surface area contributed by atoms with Crippen LogP contribution in [0, 0.1) is 13.8 Å². The maximum atomic E-state index is 10.5. The molecule has 0 bridgehead atoms. The molecule has 3 aromatic rings. The highest BCUT2D eigenvalue weighted by atomic mass is 32.2. The molecule has 2 aromatic carbocycles. The van der Waals surface area contributed by atoms with Gasteiger partial charge in [-0.25, -0.2) is 0 Å². The van der Waals surface area contributed by atoms with Crippen LogP contribution < -0.4 is 0 Å². The fourth-order valence-electron chi connectivity index (χ4n) is 2.73. The van der Waals surface area contributed by atoms with Crippen LogP contribution in [-0.2, 0) is 7.05 Å². The molecule has 0 aliphatic heterocycles. The first-order valence-corrected chi connectivity index (χ1v) is 8.87. The third-order valence-electron chi connectivity index (χ3n) is 3.87. The van der Waals surface area contributed by atoms with Crippen molar-refractivity contribution in [1.82, 2.24) is 14.8 Å². The molecule has 0 saturated heterocycles. The average molecular weight is 339 g/mol. The SMILES string of the molecule is Cc1cc(C)cc(C(O)CSc2nnc(-c3ccccc3)n2C)c1. The number of rotatable bonds is 5. The number of hydrogen-bond acceptors (Lipinski definition) is 4. The minimum absolute atomic E-state index is 0.523. The molecule has 1 N–H and O–H groups in total. The average Bonchev–Trinajstić information content (AvgIpc) is 2.93. The van der Waals surface area contributed by atoms with Crippen LogP contribution in [0.1, 0.15) is 22.8 Å². The summed E-state index contributed by atoms with van der Waals surface area (Å²) >= 11 is 1.52. The second kappa shape index (κ2) is 7.20. The summed E-state index contributed by atoms with van der Waals surface area (Å²) in [6, 6.07) is 16.2. The van der Waals surface area contributed by atoms with Gasteiger partial charge in [0.15, 0.2) is 11.0 Å². The summed E-state index contributed by atoms with van der Waals surface area (Å²) in [5.74, 6) is 1.38. The first kappa shape index (κ1) is 16.7. The number of aliphatic hydroxyl groups excluding tert-OH is 1. The van der Waals surface area contributed by atoms with Crippen molar-refractivity contribution in [3.63, 3.8) is 0 Å². The van der Waals surface area contributed by atoms with Crippen molar-refractivity contribution in [2.75, 3.05) is 5.75 Å². The Morgan fingerprint density at radius 3 is 2.38 bits per heavy atom. The van der Waals surface area contributed by atoms with Crippen LogP contribution in [0.15, 0.2) is 53.7 Å². The van der Waals surface area contributed by atoms with E-state index in [4.69, 9.17) is 0 Å². The van der Waals surface area contributed by atoms with E-state index in [1.165, 1.54) is 22.9 Å². The molecule has 5 heteroatoms. The van der Waals surface area contributed by atoms with Gasteiger partial charge in [-0.05, 0) is 19.4 Å². The summed E-state index contributed by atoms with van der Waals surface area (Å²) in [4.78, 5) is 0. The lowest BCUT2D eigenvalue weighted by Gasteiger charge is -2.12. The molecule has 1 unspecified atom stereocenters. The number of aliphatic hydroxyl groups is 1. The smallest absolute Gasteiger partial charge is 0.191 e. The van der Waals surface area contributed by atoms with Gasteiger partial charge in [0, 0.05) is 18.4 Å². The lowest BCUT2D eigenvalue weighted by Crippen LogP contribution is -2.03. The Labute approximate surface area is 146 Å². The molecule has 0 saturated carbocycles. The third kappa shape index (κ3) is 3.68. The molecule has 0 aliphatic rings. The van der Waals surface area contributed by atoms with Crippen molar-refractivity contribution in [3.05, 3.63) is 65.2 Å². The Kier molecular flexibility index (Phi) is 5.02. The molecule has 0 spiro atoms. The minimum Gasteiger partial charge on any atom is -0.388 e. The topological polar surface area (TPSA) is 50.9 Å². The van der Waals surface area contributed by atoms with Crippen LogP contribution in [0.5, 0.6) is 0 Å². The van der Waals surface area contributed by atoms with Gasteiger partial charge in [-0.2, -0.15) is 0 Å². The van der Waals surface area contributed by atoms with Crippen LogP contribution >= 0.6 is 11.8 Å². The van der Waals surface area contributed by atoms with Crippen LogP contribution in [0.3, 0.4) is 0 Å². The van der Waals surface area contributed by atoms with Crippen molar-refractivity contribution < 1.29 is 5.11 Å². The Hall–Kier alpha value is -2.11. The summed E-state index contributed by atoms with van der Waals surface area (Å²) in [5, 5.41) is 19.8. The van der Waals surface area contributed by atoms with E-state index in [0.717, 1.165) is 22.1 Å². The van der Waals surface area contributed by atoms with Gasteiger partial charge in [0.25, 0.3) is 0 Å². The van der Waals surface area contributed by atoms with Crippen LogP contribution in [0.4, 0.5) is 0 Å². The number of hydrogen-bond donors (Lipinski definition) is 1.